The molecule has 0 spiro atoms. The Morgan fingerprint density at radius 2 is 2.00 bits per heavy atom. The molecule has 0 bridgehead atoms. The predicted octanol–water partition coefficient (Wildman–Crippen LogP) is 0.381. The van der Waals surface area contributed by atoms with Crippen molar-refractivity contribution in [3.8, 4) is 0 Å². The van der Waals surface area contributed by atoms with Crippen LogP contribution in [-0.4, -0.2) is 30.1 Å². The zero-order valence-electron chi connectivity index (χ0n) is 13.3. The molecule has 3 heterocycles. The van der Waals surface area contributed by atoms with Crippen molar-refractivity contribution in [3.63, 3.8) is 0 Å². The van der Waals surface area contributed by atoms with Crippen LogP contribution in [0, 0.1) is 0 Å². The second kappa shape index (κ2) is 7.25. The maximum absolute atomic E-state index is 12.3. The van der Waals surface area contributed by atoms with Crippen molar-refractivity contribution >= 4 is 11.7 Å². The van der Waals surface area contributed by atoms with Gasteiger partial charge in [-0.1, -0.05) is 6.42 Å². The lowest BCUT2D eigenvalue weighted by atomic mass is 9.95. The maximum Gasteiger partial charge on any atom is 0.249 e. The predicted molar refractivity (Wildman–Crippen MR) is 85.3 cm³/mol. The monoisotopic (exact) mass is 320 g/mol. The summed E-state index contributed by atoms with van der Waals surface area (Å²) in [5.41, 5.74) is 15.4. The summed E-state index contributed by atoms with van der Waals surface area (Å²) in [5.74, 6) is 0.454. The van der Waals surface area contributed by atoms with Crippen LogP contribution in [-0.2, 0) is 40.5 Å². The molecule has 3 rings (SSSR count). The highest BCUT2D eigenvalue weighted by Gasteiger charge is 2.31. The van der Waals surface area contributed by atoms with Crippen LogP contribution in [0.5, 0.6) is 0 Å². The van der Waals surface area contributed by atoms with E-state index in [2.05, 4.69) is 10.3 Å². The lowest BCUT2D eigenvalue weighted by Gasteiger charge is -2.26. The number of carbonyl (C=O) groups excluding carboxylic acids is 1. The number of rotatable bonds is 6. The van der Waals surface area contributed by atoms with Crippen molar-refractivity contribution in [1.82, 2.24) is 10.3 Å². The number of fused-ring (bicyclic) bond motifs is 3. The van der Waals surface area contributed by atoms with E-state index in [-0.39, 0.29) is 5.91 Å². The van der Waals surface area contributed by atoms with Crippen molar-refractivity contribution in [2.24, 2.45) is 5.73 Å². The van der Waals surface area contributed by atoms with E-state index in [1.54, 1.807) is 0 Å². The van der Waals surface area contributed by atoms with E-state index in [1.807, 2.05) is 0 Å². The summed E-state index contributed by atoms with van der Waals surface area (Å²) in [5, 5.41) is 2.94. The van der Waals surface area contributed by atoms with Gasteiger partial charge in [0.05, 0.1) is 25.5 Å². The average Bonchev–Trinajstić information content (AvgIpc) is 3.05. The molecular weight excluding hydrogens is 296 g/mol. The third-order valence-corrected chi connectivity index (χ3v) is 4.42. The van der Waals surface area contributed by atoms with E-state index in [0.29, 0.717) is 45.1 Å². The van der Waals surface area contributed by atoms with E-state index in [4.69, 9.17) is 20.9 Å². The number of hydrogen-bond acceptors (Lipinski definition) is 6. The van der Waals surface area contributed by atoms with Crippen molar-refractivity contribution in [1.29, 1.82) is 0 Å². The van der Waals surface area contributed by atoms with Crippen LogP contribution in [0.4, 0.5) is 5.82 Å². The van der Waals surface area contributed by atoms with Crippen LogP contribution in [0.3, 0.4) is 0 Å². The smallest absolute Gasteiger partial charge is 0.249 e. The van der Waals surface area contributed by atoms with Gasteiger partial charge in [0.1, 0.15) is 11.9 Å². The van der Waals surface area contributed by atoms with Crippen LogP contribution in [0.15, 0.2) is 0 Å². The summed E-state index contributed by atoms with van der Waals surface area (Å²) in [7, 11) is 0. The molecule has 1 unspecified atom stereocenters. The minimum Gasteiger partial charge on any atom is -0.383 e. The molecule has 1 aromatic rings. The lowest BCUT2D eigenvalue weighted by molar-refractivity contribution is -0.134. The Morgan fingerprint density at radius 1 is 1.17 bits per heavy atom. The van der Waals surface area contributed by atoms with Gasteiger partial charge in [0, 0.05) is 18.5 Å². The Morgan fingerprint density at radius 3 is 2.83 bits per heavy atom. The number of nitrogens with two attached hydrogens (primary N) is 2. The molecule has 7 nitrogen and oxygen atoms in total. The molecule has 7 heteroatoms. The molecule has 2 aliphatic heterocycles. The van der Waals surface area contributed by atoms with Crippen molar-refractivity contribution < 1.29 is 14.3 Å². The van der Waals surface area contributed by atoms with Crippen LogP contribution in [0.2, 0.25) is 0 Å². The minimum atomic E-state index is -0.466. The fraction of sp³-hybridized carbons (Fsp3) is 0.625. The highest BCUT2D eigenvalue weighted by Crippen LogP contribution is 2.32. The SMILES string of the molecule is NCCCCCNC(=O)C1Cc2c(nc(N)c3c2COC3)CO1. The molecular formula is C16H24N4O3. The number of pyridine rings is 1. The third kappa shape index (κ3) is 3.46. The van der Waals surface area contributed by atoms with Crippen LogP contribution in [0.25, 0.3) is 0 Å². The fourth-order valence-corrected chi connectivity index (χ4v) is 3.11. The molecule has 0 aliphatic carbocycles. The van der Waals surface area contributed by atoms with Gasteiger partial charge in [-0.2, -0.15) is 0 Å². The highest BCUT2D eigenvalue weighted by molar-refractivity contribution is 5.81. The lowest BCUT2D eigenvalue weighted by Crippen LogP contribution is -2.40. The zero-order chi connectivity index (χ0) is 16.2. The molecule has 0 saturated heterocycles. The van der Waals surface area contributed by atoms with E-state index < -0.39 is 6.10 Å². The van der Waals surface area contributed by atoms with Gasteiger partial charge < -0.3 is 26.3 Å². The molecule has 126 valence electrons. The second-order valence-corrected chi connectivity index (χ2v) is 6.02. The first-order valence-electron chi connectivity index (χ1n) is 8.16. The average molecular weight is 320 g/mol. The van der Waals surface area contributed by atoms with Gasteiger partial charge in [0.2, 0.25) is 5.91 Å². The number of nitrogen functional groups attached to an aromatic ring is 1. The number of carbonyl (C=O) groups is 1. The summed E-state index contributed by atoms with van der Waals surface area (Å²) in [6.45, 7) is 2.71. The Balaban J connectivity index is 1.62. The molecule has 0 radical (unpaired) electrons. The Hall–Kier alpha value is -1.70. The zero-order valence-corrected chi connectivity index (χ0v) is 13.3. The van der Waals surface area contributed by atoms with Crippen molar-refractivity contribution in [3.05, 3.63) is 22.4 Å². The Labute approximate surface area is 135 Å². The van der Waals surface area contributed by atoms with Gasteiger partial charge in [-0.15, -0.1) is 0 Å². The quantitative estimate of drug-likeness (QED) is 0.653. The standard InChI is InChI=1S/C16H24N4O3/c17-4-2-1-3-5-19-16(21)14-6-10-11-7-22-8-12(11)15(18)20-13(10)9-23-14/h14H,1-9,17H2,(H2,18,20)(H,19,21). The fourth-order valence-electron chi connectivity index (χ4n) is 3.11. The van der Waals surface area contributed by atoms with Gasteiger partial charge in [0.25, 0.3) is 0 Å². The van der Waals surface area contributed by atoms with E-state index in [9.17, 15) is 4.79 Å². The molecule has 0 saturated carbocycles. The summed E-state index contributed by atoms with van der Waals surface area (Å²) in [6.07, 6.45) is 3.02. The number of aromatic nitrogens is 1. The molecule has 23 heavy (non-hydrogen) atoms. The minimum absolute atomic E-state index is 0.0621. The van der Waals surface area contributed by atoms with Crippen LogP contribution in [0.1, 0.15) is 41.6 Å². The normalized spacial score (nSPS) is 19.3. The van der Waals surface area contributed by atoms with Gasteiger partial charge in [-0.25, -0.2) is 4.98 Å². The molecule has 1 aromatic heterocycles. The Bertz CT molecular complexity index is 591. The van der Waals surface area contributed by atoms with Crippen LogP contribution >= 0.6 is 0 Å². The first-order valence-corrected chi connectivity index (χ1v) is 8.16. The number of unbranched alkanes of at least 4 members (excludes halogenated alkanes) is 2. The first kappa shape index (κ1) is 16.2. The largest absolute Gasteiger partial charge is 0.383 e. The molecule has 1 amide bonds. The topological polar surface area (TPSA) is 112 Å². The third-order valence-electron chi connectivity index (χ3n) is 4.42. The van der Waals surface area contributed by atoms with Gasteiger partial charge >= 0.3 is 0 Å². The van der Waals surface area contributed by atoms with E-state index in [0.717, 1.165) is 41.6 Å². The number of ether oxygens (including phenoxy) is 2. The number of anilines is 1. The summed E-state index contributed by atoms with van der Waals surface area (Å²) >= 11 is 0. The molecule has 1 atom stereocenters. The van der Waals surface area contributed by atoms with E-state index in [1.165, 1.54) is 0 Å². The summed E-state index contributed by atoms with van der Waals surface area (Å²) in [4.78, 5) is 16.7. The maximum atomic E-state index is 12.3. The first-order chi connectivity index (χ1) is 11.2. The van der Waals surface area contributed by atoms with Gasteiger partial charge in [0.15, 0.2) is 0 Å². The Kier molecular flexibility index (Phi) is 5.09. The van der Waals surface area contributed by atoms with Crippen molar-refractivity contribution in [2.75, 3.05) is 18.8 Å². The number of amides is 1. The number of nitrogens with one attached hydrogen (secondary N) is 1. The van der Waals surface area contributed by atoms with Gasteiger partial charge in [-0.3, -0.25) is 4.79 Å². The second-order valence-electron chi connectivity index (χ2n) is 6.02. The summed E-state index contributed by atoms with van der Waals surface area (Å²) < 4.78 is 11.2. The highest BCUT2D eigenvalue weighted by atomic mass is 16.5. The number of hydrogen-bond donors (Lipinski definition) is 3. The van der Waals surface area contributed by atoms with Gasteiger partial charge in [-0.05, 0) is 30.5 Å². The van der Waals surface area contributed by atoms with Crippen LogP contribution < -0.4 is 16.8 Å². The van der Waals surface area contributed by atoms with Crippen molar-refractivity contribution in [2.45, 2.75) is 51.6 Å². The summed E-state index contributed by atoms with van der Waals surface area (Å²) in [6, 6.07) is 0. The number of nitrogens with zero attached hydrogens (tertiary/aromatic N) is 1. The molecule has 0 fully saturated rings. The van der Waals surface area contributed by atoms with E-state index >= 15 is 0 Å². The molecule has 5 N–H and O–H groups in total. The molecule has 0 aromatic carbocycles. The molecule has 2 aliphatic rings.